The van der Waals surface area contributed by atoms with Gasteiger partial charge in [0.1, 0.15) is 18.3 Å². The van der Waals surface area contributed by atoms with E-state index in [9.17, 15) is 9.59 Å². The number of aromatic nitrogens is 1. The molecular formula is C11H17N2O6+. The molecule has 0 unspecified atom stereocenters. The zero-order valence-electron chi connectivity index (χ0n) is 11.0. The smallest absolute Gasteiger partial charge is 0.394 e. The van der Waals surface area contributed by atoms with Gasteiger partial charge in [-0.15, -0.1) is 0 Å². The second-order valence-corrected chi connectivity index (χ2v) is 3.47. The fourth-order valence-corrected chi connectivity index (χ4v) is 0.925. The first-order valence-electron chi connectivity index (χ1n) is 5.24. The number of hydrogen-bond acceptors (Lipinski definition) is 7. The maximum atomic E-state index is 10.4. The third kappa shape index (κ3) is 6.58. The average Bonchev–Trinajstić information content (AvgIpc) is 2.46. The first kappa shape index (κ1) is 17.1. The molecule has 1 aromatic rings. The number of nitrogens with two attached hydrogens (primary N) is 1. The monoisotopic (exact) mass is 273 g/mol. The number of aliphatic hydroxyl groups excluding tert-OH is 4. The number of carbonyl (C=O) groups excluding carboxylic acids is 2. The quantitative estimate of drug-likeness (QED) is 0.373. The summed E-state index contributed by atoms with van der Waals surface area (Å²) in [7, 11) is 0. The van der Waals surface area contributed by atoms with Crippen molar-refractivity contribution < 1.29 is 31.4 Å². The molecule has 8 nitrogen and oxygen atoms in total. The van der Waals surface area contributed by atoms with E-state index in [1.165, 1.54) is 6.20 Å². The van der Waals surface area contributed by atoms with E-state index in [2.05, 4.69) is 4.98 Å². The van der Waals surface area contributed by atoms with Crippen LogP contribution in [-0.4, -0.2) is 62.5 Å². The number of aliphatic hydroxyl groups is 4. The van der Waals surface area contributed by atoms with Gasteiger partial charge in [-0.25, -0.2) is 0 Å². The van der Waals surface area contributed by atoms with Crippen LogP contribution in [0.1, 0.15) is 11.8 Å². The lowest BCUT2D eigenvalue weighted by Gasteiger charge is -2.16. The molecule has 0 aliphatic rings. The molecule has 3 atom stereocenters. The minimum Gasteiger partial charge on any atom is -0.394 e. The molecule has 1 rings (SSSR count). The largest absolute Gasteiger partial charge is 1.00 e. The van der Waals surface area contributed by atoms with Gasteiger partial charge in [-0.3, -0.25) is 9.78 Å². The summed E-state index contributed by atoms with van der Waals surface area (Å²) in [4.78, 5) is 23.9. The number of hydrogen-bond donors (Lipinski definition) is 5. The predicted molar refractivity (Wildman–Crippen MR) is 65.0 cm³/mol. The van der Waals surface area contributed by atoms with Crippen molar-refractivity contribution in [2.45, 2.75) is 18.3 Å². The van der Waals surface area contributed by atoms with Gasteiger partial charge in [0.25, 0.3) is 0 Å². The second kappa shape index (κ2) is 9.11. The zero-order chi connectivity index (χ0) is 14.8. The summed E-state index contributed by atoms with van der Waals surface area (Å²) in [5.41, 5.74) is 5.38. The summed E-state index contributed by atoms with van der Waals surface area (Å²) in [6.45, 7) is -0.688. The number of primary amides is 1. The molecule has 0 spiro atoms. The molecule has 0 fully saturated rings. The van der Waals surface area contributed by atoms with Crippen molar-refractivity contribution in [3.63, 3.8) is 0 Å². The van der Waals surface area contributed by atoms with Crippen LogP contribution >= 0.6 is 0 Å². The molecule has 0 aliphatic heterocycles. The summed E-state index contributed by atoms with van der Waals surface area (Å²) in [6.07, 6.45) is -1.61. The van der Waals surface area contributed by atoms with Gasteiger partial charge in [0.05, 0.1) is 12.2 Å². The Morgan fingerprint density at radius 2 is 2.11 bits per heavy atom. The Labute approximate surface area is 110 Å². The minimum atomic E-state index is -1.64. The van der Waals surface area contributed by atoms with Crippen LogP contribution in [0.15, 0.2) is 24.5 Å². The molecule has 6 N–H and O–H groups in total. The van der Waals surface area contributed by atoms with E-state index in [1.54, 1.807) is 18.3 Å². The summed E-state index contributed by atoms with van der Waals surface area (Å²) in [5.74, 6) is -0.442. The first-order chi connectivity index (χ1) is 8.93. The Hall–Kier alpha value is -1.87. The molecule has 1 amide bonds. The summed E-state index contributed by atoms with van der Waals surface area (Å²) >= 11 is 0. The highest BCUT2D eigenvalue weighted by Gasteiger charge is 2.22. The minimum absolute atomic E-state index is 0. The van der Waals surface area contributed by atoms with Crippen molar-refractivity contribution in [3.05, 3.63) is 30.1 Å². The van der Waals surface area contributed by atoms with Crippen LogP contribution in [0.5, 0.6) is 0 Å². The Morgan fingerprint density at radius 1 is 1.47 bits per heavy atom. The lowest BCUT2D eigenvalue weighted by Crippen LogP contribution is -2.40. The molecule has 0 aliphatic carbocycles. The highest BCUT2D eigenvalue weighted by atomic mass is 16.4. The predicted octanol–water partition coefficient (Wildman–Crippen LogP) is -2.45. The SMILES string of the molecule is NC(=O)c1cccnc1.O=C[C@H](O)[C@H](O)[C@H](O)CO.[H+]. The van der Waals surface area contributed by atoms with Gasteiger partial charge in [0.15, 0.2) is 6.29 Å². The topological polar surface area (TPSA) is 154 Å². The van der Waals surface area contributed by atoms with E-state index in [0.717, 1.165) is 0 Å². The third-order valence-corrected chi connectivity index (χ3v) is 2.02. The van der Waals surface area contributed by atoms with Crippen LogP contribution < -0.4 is 5.73 Å². The lowest BCUT2D eigenvalue weighted by molar-refractivity contribution is -0.127. The molecule has 106 valence electrons. The molecule has 19 heavy (non-hydrogen) atoms. The van der Waals surface area contributed by atoms with Crippen molar-refractivity contribution in [2.75, 3.05) is 6.61 Å². The van der Waals surface area contributed by atoms with Crippen molar-refractivity contribution in [1.29, 1.82) is 0 Å². The summed E-state index contributed by atoms with van der Waals surface area (Å²) in [5, 5.41) is 34.1. The molecule has 1 heterocycles. The number of pyridine rings is 1. The molecule has 8 heteroatoms. The van der Waals surface area contributed by atoms with Crippen molar-refractivity contribution >= 4 is 12.2 Å². The van der Waals surface area contributed by atoms with E-state index in [4.69, 9.17) is 26.2 Å². The summed E-state index contributed by atoms with van der Waals surface area (Å²) in [6, 6.07) is 3.29. The summed E-state index contributed by atoms with van der Waals surface area (Å²) < 4.78 is 0. The van der Waals surface area contributed by atoms with Gasteiger partial charge in [0, 0.05) is 12.4 Å². The fourth-order valence-electron chi connectivity index (χ4n) is 0.925. The third-order valence-electron chi connectivity index (χ3n) is 2.02. The van der Waals surface area contributed by atoms with Crippen LogP contribution in [0.3, 0.4) is 0 Å². The van der Waals surface area contributed by atoms with Gasteiger partial charge in [-0.2, -0.15) is 0 Å². The Bertz CT molecular complexity index is 392. The average molecular weight is 273 g/mol. The van der Waals surface area contributed by atoms with Gasteiger partial charge in [0.2, 0.25) is 5.91 Å². The first-order valence-corrected chi connectivity index (χ1v) is 5.24. The number of rotatable bonds is 5. The van der Waals surface area contributed by atoms with E-state index < -0.39 is 30.8 Å². The molecule has 1 aromatic heterocycles. The van der Waals surface area contributed by atoms with Crippen molar-refractivity contribution in [3.8, 4) is 0 Å². The molecule has 0 saturated heterocycles. The van der Waals surface area contributed by atoms with E-state index in [-0.39, 0.29) is 7.71 Å². The molecule has 0 radical (unpaired) electrons. The molecular weight excluding hydrogens is 256 g/mol. The van der Waals surface area contributed by atoms with E-state index in [0.29, 0.717) is 5.56 Å². The van der Waals surface area contributed by atoms with E-state index in [1.807, 2.05) is 0 Å². The number of carbonyl (C=O) groups is 2. The molecule has 0 bridgehead atoms. The van der Waals surface area contributed by atoms with Crippen LogP contribution in [0.25, 0.3) is 0 Å². The molecule has 0 aromatic carbocycles. The highest BCUT2D eigenvalue weighted by Crippen LogP contribution is 1.96. The Morgan fingerprint density at radius 3 is 2.42 bits per heavy atom. The fraction of sp³-hybridized carbons (Fsp3) is 0.364. The van der Waals surface area contributed by atoms with Crippen molar-refractivity contribution in [2.24, 2.45) is 5.73 Å². The van der Waals surface area contributed by atoms with Crippen molar-refractivity contribution in [1.82, 2.24) is 4.98 Å². The zero-order valence-corrected chi connectivity index (χ0v) is 9.96. The number of amides is 1. The van der Waals surface area contributed by atoms with E-state index >= 15 is 0 Å². The standard InChI is InChI=1S/C6H6N2O.C5H10O5/c7-6(9)5-2-1-3-8-4-5;6-1-3(8)5(10)4(9)2-7/h1-4H,(H2,7,9);1,3-5,7-10H,2H2/p+1/t;3-,4+,5-/m.0/s1. The normalized spacial score (nSPS) is 14.5. The maximum Gasteiger partial charge on any atom is 1.00 e. The Kier molecular flexibility index (Phi) is 8.22. The number of aldehydes is 1. The van der Waals surface area contributed by atoms with Gasteiger partial charge in [-0.05, 0) is 12.1 Å². The maximum absolute atomic E-state index is 10.4. The van der Waals surface area contributed by atoms with Crippen LogP contribution in [0, 0.1) is 0 Å². The highest BCUT2D eigenvalue weighted by molar-refractivity contribution is 5.92. The van der Waals surface area contributed by atoms with Gasteiger partial charge < -0.3 is 31.0 Å². The lowest BCUT2D eigenvalue weighted by atomic mass is 10.1. The molecule has 0 saturated carbocycles. The Balaban J connectivity index is 0. The van der Waals surface area contributed by atoms with Crippen LogP contribution in [0.4, 0.5) is 0 Å². The van der Waals surface area contributed by atoms with Gasteiger partial charge >= 0.3 is 1.43 Å². The van der Waals surface area contributed by atoms with Crippen LogP contribution in [-0.2, 0) is 4.79 Å². The van der Waals surface area contributed by atoms with Crippen LogP contribution in [0.2, 0.25) is 0 Å². The second-order valence-electron chi connectivity index (χ2n) is 3.47. The van der Waals surface area contributed by atoms with Gasteiger partial charge in [-0.1, -0.05) is 0 Å². The number of nitrogens with zero attached hydrogens (tertiary/aromatic N) is 1.